The standard InChI is InChI=1S/C22H19F5N6O2/c1-11(23)16-10-35-21(34)33(16)17-6-7-28-20(32-17)31-12(2)19-29-8-13(9-30-19)14-4-3-5-15(18(14)24)22(25,26)27/h3-9,11-12,16H,10H2,1-2H3,(H,28,31,32)/t11-,12-,16+/m0/s1. The molecule has 0 saturated carbocycles. The number of benzene rings is 1. The maximum Gasteiger partial charge on any atom is 0.419 e. The molecule has 0 bridgehead atoms. The van der Waals surface area contributed by atoms with Crippen molar-refractivity contribution in [1.29, 1.82) is 0 Å². The largest absolute Gasteiger partial charge is 0.447 e. The lowest BCUT2D eigenvalue weighted by atomic mass is 10.0. The molecule has 1 saturated heterocycles. The second-order valence-corrected chi connectivity index (χ2v) is 7.79. The monoisotopic (exact) mass is 494 g/mol. The van der Waals surface area contributed by atoms with Crippen LogP contribution in [0.3, 0.4) is 0 Å². The molecule has 1 aromatic carbocycles. The number of nitrogens with one attached hydrogen (secondary N) is 1. The van der Waals surface area contributed by atoms with Gasteiger partial charge in [0.05, 0.1) is 11.6 Å². The zero-order chi connectivity index (χ0) is 25.3. The number of alkyl halides is 4. The van der Waals surface area contributed by atoms with Crippen LogP contribution < -0.4 is 10.2 Å². The number of rotatable bonds is 6. The van der Waals surface area contributed by atoms with Gasteiger partial charge in [-0.05, 0) is 26.0 Å². The molecule has 35 heavy (non-hydrogen) atoms. The number of cyclic esters (lactones) is 1. The quantitative estimate of drug-likeness (QED) is 0.485. The van der Waals surface area contributed by atoms with Gasteiger partial charge in [0.15, 0.2) is 0 Å². The van der Waals surface area contributed by atoms with Crippen LogP contribution in [-0.2, 0) is 10.9 Å². The Kier molecular flexibility index (Phi) is 6.50. The van der Waals surface area contributed by atoms with Gasteiger partial charge in [0.2, 0.25) is 5.95 Å². The molecule has 0 unspecified atom stereocenters. The zero-order valence-electron chi connectivity index (χ0n) is 18.4. The molecular weight excluding hydrogens is 475 g/mol. The second-order valence-electron chi connectivity index (χ2n) is 7.79. The molecule has 1 aliphatic rings. The van der Waals surface area contributed by atoms with Crippen molar-refractivity contribution >= 4 is 17.9 Å². The van der Waals surface area contributed by atoms with Crippen molar-refractivity contribution in [2.75, 3.05) is 16.8 Å². The Hall–Kier alpha value is -3.90. The molecular formula is C22H19F5N6O2. The lowest BCUT2D eigenvalue weighted by Gasteiger charge is -2.22. The van der Waals surface area contributed by atoms with Gasteiger partial charge in [-0.15, -0.1) is 0 Å². The van der Waals surface area contributed by atoms with Gasteiger partial charge in [0.25, 0.3) is 0 Å². The van der Waals surface area contributed by atoms with Gasteiger partial charge in [0, 0.05) is 29.7 Å². The summed E-state index contributed by atoms with van der Waals surface area (Å²) in [5, 5.41) is 2.94. The smallest absolute Gasteiger partial charge is 0.419 e. The average molecular weight is 494 g/mol. The fourth-order valence-corrected chi connectivity index (χ4v) is 3.52. The summed E-state index contributed by atoms with van der Waals surface area (Å²) in [5.74, 6) is -0.945. The van der Waals surface area contributed by atoms with Crippen molar-refractivity contribution in [2.45, 2.75) is 38.3 Å². The van der Waals surface area contributed by atoms with Crippen LogP contribution in [0.1, 0.15) is 31.3 Å². The predicted molar refractivity (Wildman–Crippen MR) is 115 cm³/mol. The molecule has 2 aromatic heterocycles. The SMILES string of the molecule is C[C@H](Nc1nccc(N2C(=O)OC[C@@H]2[C@H](C)F)n1)c1ncc(-c2cccc(C(F)(F)F)c2F)cn1. The minimum absolute atomic E-state index is 0.0710. The summed E-state index contributed by atoms with van der Waals surface area (Å²) in [5.41, 5.74) is -1.59. The first kappa shape index (κ1) is 24.2. The number of hydrogen-bond acceptors (Lipinski definition) is 7. The molecule has 13 heteroatoms. The summed E-state index contributed by atoms with van der Waals surface area (Å²) in [4.78, 5) is 29.7. The Balaban J connectivity index is 1.52. The minimum atomic E-state index is -4.83. The average Bonchev–Trinajstić information content (AvgIpc) is 3.20. The number of halogens is 5. The van der Waals surface area contributed by atoms with E-state index in [1.54, 1.807) is 6.92 Å². The predicted octanol–water partition coefficient (Wildman–Crippen LogP) is 4.95. The summed E-state index contributed by atoms with van der Waals surface area (Å²) in [6, 6.07) is 3.01. The highest BCUT2D eigenvalue weighted by Gasteiger charge is 2.39. The van der Waals surface area contributed by atoms with Crippen LogP contribution in [-0.4, -0.2) is 44.8 Å². The van der Waals surface area contributed by atoms with Crippen molar-refractivity contribution < 1.29 is 31.5 Å². The van der Waals surface area contributed by atoms with Crippen LogP contribution in [0, 0.1) is 5.82 Å². The van der Waals surface area contributed by atoms with Crippen LogP contribution in [0.25, 0.3) is 11.1 Å². The maximum atomic E-state index is 14.4. The van der Waals surface area contributed by atoms with E-state index in [4.69, 9.17) is 4.74 Å². The highest BCUT2D eigenvalue weighted by Crippen LogP contribution is 2.35. The molecule has 4 rings (SSSR count). The summed E-state index contributed by atoms with van der Waals surface area (Å²) in [6.07, 6.45) is -3.10. The fraction of sp³-hybridized carbons (Fsp3) is 0.318. The van der Waals surface area contributed by atoms with Crippen LogP contribution in [0.5, 0.6) is 0 Å². The van der Waals surface area contributed by atoms with E-state index in [1.807, 2.05) is 0 Å². The van der Waals surface area contributed by atoms with Crippen LogP contribution in [0.2, 0.25) is 0 Å². The van der Waals surface area contributed by atoms with Gasteiger partial charge in [-0.2, -0.15) is 18.2 Å². The topological polar surface area (TPSA) is 93.1 Å². The van der Waals surface area contributed by atoms with Gasteiger partial charge in [0.1, 0.15) is 36.3 Å². The van der Waals surface area contributed by atoms with Crippen molar-refractivity contribution in [2.24, 2.45) is 0 Å². The lowest BCUT2D eigenvalue weighted by Crippen LogP contribution is -2.39. The minimum Gasteiger partial charge on any atom is -0.447 e. The first-order chi connectivity index (χ1) is 16.6. The van der Waals surface area contributed by atoms with E-state index < -0.39 is 41.9 Å². The number of amides is 1. The Bertz CT molecular complexity index is 1220. The first-order valence-electron chi connectivity index (χ1n) is 10.4. The van der Waals surface area contributed by atoms with E-state index >= 15 is 0 Å². The van der Waals surface area contributed by atoms with Crippen molar-refractivity contribution in [3.8, 4) is 11.1 Å². The fourth-order valence-electron chi connectivity index (χ4n) is 3.52. The van der Waals surface area contributed by atoms with Crippen LogP contribution in [0.15, 0.2) is 42.9 Å². The molecule has 0 radical (unpaired) electrons. The number of anilines is 2. The Morgan fingerprint density at radius 3 is 2.51 bits per heavy atom. The summed E-state index contributed by atoms with van der Waals surface area (Å²) >= 11 is 0. The molecule has 8 nitrogen and oxygen atoms in total. The molecule has 3 atom stereocenters. The summed E-state index contributed by atoms with van der Waals surface area (Å²) < 4.78 is 72.2. The maximum absolute atomic E-state index is 14.4. The van der Waals surface area contributed by atoms with E-state index in [9.17, 15) is 26.7 Å². The van der Waals surface area contributed by atoms with Crippen molar-refractivity contribution in [1.82, 2.24) is 19.9 Å². The molecule has 184 valence electrons. The summed E-state index contributed by atoms with van der Waals surface area (Å²) in [7, 11) is 0. The van der Waals surface area contributed by atoms with Crippen LogP contribution >= 0.6 is 0 Å². The number of hydrogen-bond donors (Lipinski definition) is 1. The Morgan fingerprint density at radius 1 is 1.14 bits per heavy atom. The Labute approximate surface area is 196 Å². The number of carbonyl (C=O) groups is 1. The van der Waals surface area contributed by atoms with Crippen molar-refractivity contribution in [3.05, 3.63) is 60.1 Å². The second kappa shape index (κ2) is 9.39. The highest BCUT2D eigenvalue weighted by molar-refractivity contribution is 5.89. The van der Waals surface area contributed by atoms with Crippen LogP contribution in [0.4, 0.5) is 38.5 Å². The van der Waals surface area contributed by atoms with E-state index in [1.165, 1.54) is 37.6 Å². The molecule has 1 fully saturated rings. The van der Waals surface area contributed by atoms with E-state index in [0.29, 0.717) is 6.07 Å². The molecule has 1 amide bonds. The molecule has 0 aliphatic carbocycles. The first-order valence-corrected chi connectivity index (χ1v) is 10.4. The third-order valence-electron chi connectivity index (χ3n) is 5.34. The molecule has 1 aliphatic heterocycles. The highest BCUT2D eigenvalue weighted by atomic mass is 19.4. The molecule has 3 heterocycles. The van der Waals surface area contributed by atoms with E-state index in [-0.39, 0.29) is 35.3 Å². The third kappa shape index (κ3) is 4.98. The third-order valence-corrected chi connectivity index (χ3v) is 5.34. The summed E-state index contributed by atoms with van der Waals surface area (Å²) in [6.45, 7) is 2.88. The Morgan fingerprint density at radius 2 is 1.86 bits per heavy atom. The number of nitrogens with zero attached hydrogens (tertiary/aromatic N) is 5. The number of carbonyl (C=O) groups excluding carboxylic acids is 1. The van der Waals surface area contributed by atoms with Crippen molar-refractivity contribution in [3.63, 3.8) is 0 Å². The zero-order valence-corrected chi connectivity index (χ0v) is 18.4. The lowest BCUT2D eigenvalue weighted by molar-refractivity contribution is -0.139. The number of aromatic nitrogens is 4. The molecule has 3 aromatic rings. The van der Waals surface area contributed by atoms with E-state index in [2.05, 4.69) is 25.3 Å². The normalized spacial score (nSPS) is 17.7. The van der Waals surface area contributed by atoms with Gasteiger partial charge in [-0.25, -0.2) is 28.5 Å². The van der Waals surface area contributed by atoms with Gasteiger partial charge in [-0.3, -0.25) is 4.90 Å². The number of ether oxygens (including phenoxy) is 1. The van der Waals surface area contributed by atoms with Gasteiger partial charge >= 0.3 is 12.3 Å². The van der Waals surface area contributed by atoms with Gasteiger partial charge in [-0.1, -0.05) is 12.1 Å². The van der Waals surface area contributed by atoms with Gasteiger partial charge < -0.3 is 10.1 Å². The molecule has 1 N–H and O–H groups in total. The van der Waals surface area contributed by atoms with E-state index in [0.717, 1.165) is 11.0 Å². The molecule has 0 spiro atoms.